The fourth-order valence-corrected chi connectivity index (χ4v) is 3.90. The number of aromatic nitrogens is 3. The summed E-state index contributed by atoms with van der Waals surface area (Å²) in [6.07, 6.45) is 3.62. The van der Waals surface area contributed by atoms with Crippen LogP contribution >= 0.6 is 0 Å². The van der Waals surface area contributed by atoms with Gasteiger partial charge in [0.1, 0.15) is 5.76 Å². The van der Waals surface area contributed by atoms with Gasteiger partial charge in [-0.25, -0.2) is 4.68 Å². The SMILES string of the molecule is Cc1[nH]n(-c2ccccc2)c(=O)c1C(c1ccco1)c1c[nH]c2ccccc12. The van der Waals surface area contributed by atoms with Crippen LogP contribution in [-0.2, 0) is 0 Å². The highest BCUT2D eigenvalue weighted by Gasteiger charge is 2.29. The van der Waals surface area contributed by atoms with E-state index in [4.69, 9.17) is 4.42 Å². The van der Waals surface area contributed by atoms with Crippen molar-refractivity contribution >= 4 is 10.9 Å². The summed E-state index contributed by atoms with van der Waals surface area (Å²) in [5, 5.41) is 4.31. The highest BCUT2D eigenvalue weighted by Crippen LogP contribution is 2.36. The van der Waals surface area contributed by atoms with Gasteiger partial charge < -0.3 is 9.40 Å². The van der Waals surface area contributed by atoms with Gasteiger partial charge in [0.05, 0.1) is 23.4 Å². The molecule has 28 heavy (non-hydrogen) atoms. The number of nitrogens with one attached hydrogen (secondary N) is 2. The predicted molar refractivity (Wildman–Crippen MR) is 109 cm³/mol. The number of hydrogen-bond donors (Lipinski definition) is 2. The lowest BCUT2D eigenvalue weighted by atomic mass is 9.89. The van der Waals surface area contributed by atoms with Gasteiger partial charge in [-0.05, 0) is 42.8 Å². The third-order valence-electron chi connectivity index (χ3n) is 5.18. The molecule has 138 valence electrons. The van der Waals surface area contributed by atoms with E-state index in [1.165, 1.54) is 0 Å². The van der Waals surface area contributed by atoms with Crippen LogP contribution in [0.15, 0.2) is 88.4 Å². The number of fused-ring (bicyclic) bond motifs is 1. The van der Waals surface area contributed by atoms with Crippen LogP contribution in [-0.4, -0.2) is 14.8 Å². The number of benzene rings is 2. The van der Waals surface area contributed by atoms with E-state index >= 15 is 0 Å². The maximum Gasteiger partial charge on any atom is 0.275 e. The minimum Gasteiger partial charge on any atom is -0.468 e. The Morgan fingerprint density at radius 3 is 2.54 bits per heavy atom. The van der Waals surface area contributed by atoms with Crippen LogP contribution in [0.5, 0.6) is 0 Å². The van der Waals surface area contributed by atoms with Crippen molar-refractivity contribution in [2.75, 3.05) is 0 Å². The lowest BCUT2D eigenvalue weighted by molar-refractivity contribution is 0.503. The molecule has 0 fully saturated rings. The Labute approximate surface area is 161 Å². The standard InChI is InChI=1S/C23H19N3O2/c1-15-21(23(27)26(25-15)16-8-3-2-4-9-16)22(20-12-7-13-28-20)18-14-24-19-11-6-5-10-17(18)19/h2-14,22,24-25H,1H3. The summed E-state index contributed by atoms with van der Waals surface area (Å²) in [6, 6.07) is 21.5. The summed E-state index contributed by atoms with van der Waals surface area (Å²) in [5.41, 5.74) is 4.29. The summed E-state index contributed by atoms with van der Waals surface area (Å²) in [5.74, 6) is 0.434. The molecule has 0 spiro atoms. The molecule has 3 aromatic heterocycles. The van der Waals surface area contributed by atoms with Crippen LogP contribution in [0.3, 0.4) is 0 Å². The topological polar surface area (TPSA) is 66.7 Å². The third kappa shape index (κ3) is 2.52. The van der Waals surface area contributed by atoms with Gasteiger partial charge >= 0.3 is 0 Å². The first-order valence-corrected chi connectivity index (χ1v) is 9.20. The van der Waals surface area contributed by atoms with Crippen molar-refractivity contribution in [3.05, 3.63) is 112 Å². The van der Waals surface area contributed by atoms with Gasteiger partial charge in [0, 0.05) is 22.8 Å². The van der Waals surface area contributed by atoms with Gasteiger partial charge in [-0.3, -0.25) is 9.89 Å². The fraction of sp³-hybridized carbons (Fsp3) is 0.0870. The molecular weight excluding hydrogens is 350 g/mol. The van der Waals surface area contributed by atoms with Crippen molar-refractivity contribution in [1.82, 2.24) is 14.8 Å². The molecule has 5 rings (SSSR count). The highest BCUT2D eigenvalue weighted by atomic mass is 16.3. The van der Waals surface area contributed by atoms with E-state index in [1.54, 1.807) is 10.9 Å². The third-order valence-corrected chi connectivity index (χ3v) is 5.18. The second-order valence-electron chi connectivity index (χ2n) is 6.86. The van der Waals surface area contributed by atoms with Gasteiger partial charge in [-0.1, -0.05) is 36.4 Å². The zero-order chi connectivity index (χ0) is 19.1. The Kier molecular flexibility index (Phi) is 3.79. The van der Waals surface area contributed by atoms with Gasteiger partial charge in [0.15, 0.2) is 0 Å². The molecule has 1 atom stereocenters. The lowest BCUT2D eigenvalue weighted by Gasteiger charge is -2.13. The largest absolute Gasteiger partial charge is 0.468 e. The van der Waals surface area contributed by atoms with E-state index in [0.717, 1.165) is 33.6 Å². The van der Waals surface area contributed by atoms with Gasteiger partial charge in [-0.2, -0.15) is 0 Å². The lowest BCUT2D eigenvalue weighted by Crippen LogP contribution is -2.20. The quantitative estimate of drug-likeness (QED) is 0.481. The molecule has 0 aliphatic heterocycles. The highest BCUT2D eigenvalue weighted by molar-refractivity contribution is 5.84. The summed E-state index contributed by atoms with van der Waals surface area (Å²) in [7, 11) is 0. The van der Waals surface area contributed by atoms with E-state index in [9.17, 15) is 4.79 Å². The number of furan rings is 1. The fourth-order valence-electron chi connectivity index (χ4n) is 3.90. The number of hydrogen-bond acceptors (Lipinski definition) is 2. The average Bonchev–Trinajstić information content (AvgIpc) is 3.46. The van der Waals surface area contributed by atoms with Crippen LogP contribution in [0.4, 0.5) is 0 Å². The van der Waals surface area contributed by atoms with Gasteiger partial charge in [0.25, 0.3) is 5.56 Å². The van der Waals surface area contributed by atoms with Crippen molar-refractivity contribution < 1.29 is 4.42 Å². The molecule has 0 aliphatic rings. The van der Waals surface area contributed by atoms with Crippen LogP contribution in [0.25, 0.3) is 16.6 Å². The Balaban J connectivity index is 1.76. The van der Waals surface area contributed by atoms with Crippen molar-refractivity contribution in [2.45, 2.75) is 12.8 Å². The van der Waals surface area contributed by atoms with Crippen molar-refractivity contribution in [3.8, 4) is 5.69 Å². The maximum atomic E-state index is 13.4. The normalized spacial score (nSPS) is 12.5. The predicted octanol–water partition coefficient (Wildman–Crippen LogP) is 4.73. The van der Waals surface area contributed by atoms with Crippen molar-refractivity contribution in [1.29, 1.82) is 0 Å². The molecule has 5 aromatic rings. The molecule has 1 unspecified atom stereocenters. The minimum absolute atomic E-state index is 0.0737. The summed E-state index contributed by atoms with van der Waals surface area (Å²) in [6.45, 7) is 1.93. The van der Waals surface area contributed by atoms with Crippen LogP contribution in [0, 0.1) is 6.92 Å². The Morgan fingerprint density at radius 1 is 0.964 bits per heavy atom. The molecule has 0 saturated carbocycles. The number of aromatic amines is 2. The molecule has 0 radical (unpaired) electrons. The molecule has 2 aromatic carbocycles. The molecule has 5 heteroatoms. The molecular formula is C23H19N3O2. The maximum absolute atomic E-state index is 13.4. The van der Waals surface area contributed by atoms with Gasteiger partial charge in [0.2, 0.25) is 0 Å². The Bertz CT molecular complexity index is 1290. The summed E-state index contributed by atoms with van der Waals surface area (Å²) < 4.78 is 7.36. The number of rotatable bonds is 4. The minimum atomic E-state index is -0.306. The number of H-pyrrole nitrogens is 2. The van der Waals surface area contributed by atoms with E-state index in [0.29, 0.717) is 5.56 Å². The Hall–Kier alpha value is -3.73. The number of nitrogens with zero attached hydrogens (tertiary/aromatic N) is 1. The molecule has 5 nitrogen and oxygen atoms in total. The van der Waals surface area contributed by atoms with Crippen molar-refractivity contribution in [3.63, 3.8) is 0 Å². The second kappa shape index (κ2) is 6.46. The summed E-state index contributed by atoms with van der Waals surface area (Å²) in [4.78, 5) is 16.8. The summed E-state index contributed by atoms with van der Waals surface area (Å²) >= 11 is 0. The Morgan fingerprint density at radius 2 is 1.75 bits per heavy atom. The van der Waals surface area contributed by atoms with E-state index in [1.807, 2.05) is 73.8 Å². The first-order chi connectivity index (χ1) is 13.7. The van der Waals surface area contributed by atoms with Crippen LogP contribution < -0.4 is 5.56 Å². The molecule has 0 saturated heterocycles. The molecule has 3 heterocycles. The molecule has 0 bridgehead atoms. The molecule has 0 aliphatic carbocycles. The average molecular weight is 369 g/mol. The van der Waals surface area contributed by atoms with E-state index in [-0.39, 0.29) is 11.5 Å². The van der Waals surface area contributed by atoms with E-state index < -0.39 is 0 Å². The van der Waals surface area contributed by atoms with Crippen molar-refractivity contribution in [2.24, 2.45) is 0 Å². The second-order valence-corrected chi connectivity index (χ2v) is 6.86. The first-order valence-electron chi connectivity index (χ1n) is 9.20. The molecule has 2 N–H and O–H groups in total. The number of aryl methyl sites for hydroxylation is 1. The smallest absolute Gasteiger partial charge is 0.275 e. The zero-order valence-electron chi connectivity index (χ0n) is 15.3. The van der Waals surface area contributed by atoms with Crippen LogP contribution in [0.2, 0.25) is 0 Å². The zero-order valence-corrected chi connectivity index (χ0v) is 15.3. The molecule has 0 amide bonds. The van der Waals surface area contributed by atoms with E-state index in [2.05, 4.69) is 16.1 Å². The first kappa shape index (κ1) is 16.4. The monoisotopic (exact) mass is 369 g/mol. The van der Waals surface area contributed by atoms with Gasteiger partial charge in [-0.15, -0.1) is 0 Å². The number of para-hydroxylation sites is 2. The van der Waals surface area contributed by atoms with Crippen LogP contribution in [0.1, 0.15) is 28.5 Å².